The lowest BCUT2D eigenvalue weighted by Crippen LogP contribution is -2.45. The molecule has 526 valence electrons. The molecule has 2 unspecified atom stereocenters. The van der Waals surface area contributed by atoms with Crippen LogP contribution >= 0.6 is 0 Å². The van der Waals surface area contributed by atoms with Gasteiger partial charge in [0.25, 0.3) is 0 Å². The van der Waals surface area contributed by atoms with E-state index in [-0.39, 0.29) is 18.5 Å². The zero-order valence-corrected chi connectivity index (χ0v) is 60.4. The van der Waals surface area contributed by atoms with Gasteiger partial charge in [0.15, 0.2) is 0 Å². The average Bonchev–Trinajstić information content (AvgIpc) is 3.56. The molecule has 1 amide bonds. The molecule has 0 fully saturated rings. The molecule has 89 heavy (non-hydrogen) atoms. The number of hydrogen-bond donors (Lipinski definition) is 3. The van der Waals surface area contributed by atoms with Gasteiger partial charge in [-0.25, -0.2) is 0 Å². The van der Waals surface area contributed by atoms with E-state index >= 15 is 0 Å². The highest BCUT2D eigenvalue weighted by Crippen LogP contribution is 2.20. The van der Waals surface area contributed by atoms with Crippen LogP contribution in [0.4, 0.5) is 0 Å². The normalized spacial score (nSPS) is 12.6. The second kappa shape index (κ2) is 78.5. The highest BCUT2D eigenvalue weighted by molar-refractivity contribution is 5.76. The van der Waals surface area contributed by atoms with Crippen molar-refractivity contribution >= 4 is 11.9 Å². The third-order valence-corrected chi connectivity index (χ3v) is 19.1. The maximum Gasteiger partial charge on any atom is 0.305 e. The van der Waals surface area contributed by atoms with E-state index in [1.807, 2.05) is 6.08 Å². The van der Waals surface area contributed by atoms with E-state index < -0.39 is 12.1 Å². The van der Waals surface area contributed by atoms with Crippen LogP contribution in [0, 0.1) is 0 Å². The lowest BCUT2D eigenvalue weighted by molar-refractivity contribution is -0.143. The summed E-state index contributed by atoms with van der Waals surface area (Å²) >= 11 is 0. The van der Waals surface area contributed by atoms with Crippen LogP contribution in [0.2, 0.25) is 0 Å². The van der Waals surface area contributed by atoms with Crippen molar-refractivity contribution in [2.45, 2.75) is 469 Å². The quantitative estimate of drug-likeness (QED) is 0.0320. The van der Waals surface area contributed by atoms with Crippen LogP contribution in [-0.2, 0) is 14.3 Å². The van der Waals surface area contributed by atoms with Crippen molar-refractivity contribution in [3.8, 4) is 0 Å². The van der Waals surface area contributed by atoms with Gasteiger partial charge in [-0.05, 0) is 83.5 Å². The van der Waals surface area contributed by atoms with Gasteiger partial charge in [-0.3, -0.25) is 9.59 Å². The predicted molar refractivity (Wildman–Crippen MR) is 393 cm³/mol. The molecule has 0 spiro atoms. The Morgan fingerprint density at radius 1 is 0.303 bits per heavy atom. The van der Waals surface area contributed by atoms with Crippen molar-refractivity contribution in [3.63, 3.8) is 0 Å². The van der Waals surface area contributed by atoms with Crippen LogP contribution in [0.1, 0.15) is 457 Å². The molecule has 0 aliphatic carbocycles. The summed E-state index contributed by atoms with van der Waals surface area (Å²) in [5.74, 6) is -0.0391. The van der Waals surface area contributed by atoms with Gasteiger partial charge in [-0.15, -0.1) is 0 Å². The molecule has 6 heteroatoms. The topological polar surface area (TPSA) is 95.9 Å². The number of amides is 1. The van der Waals surface area contributed by atoms with Gasteiger partial charge in [0, 0.05) is 12.8 Å². The summed E-state index contributed by atoms with van der Waals surface area (Å²) in [7, 11) is 0. The van der Waals surface area contributed by atoms with E-state index in [2.05, 4.69) is 43.5 Å². The number of carbonyl (C=O) groups is 2. The summed E-state index contributed by atoms with van der Waals surface area (Å²) in [6.45, 7) is 4.95. The lowest BCUT2D eigenvalue weighted by Gasteiger charge is -2.20. The molecule has 0 saturated heterocycles. The Morgan fingerprint density at radius 3 is 0.798 bits per heavy atom. The minimum atomic E-state index is -0.842. The first-order chi connectivity index (χ1) is 44.0. The molecule has 0 aromatic heterocycles. The first kappa shape index (κ1) is 87.1. The summed E-state index contributed by atoms with van der Waals surface area (Å²) in [6, 6.07) is -0.625. The minimum Gasteiger partial charge on any atom is -0.466 e. The predicted octanol–water partition coefficient (Wildman–Crippen LogP) is 27.0. The Balaban J connectivity index is 3.33. The zero-order valence-electron chi connectivity index (χ0n) is 60.4. The van der Waals surface area contributed by atoms with E-state index in [9.17, 15) is 19.8 Å². The fourth-order valence-corrected chi connectivity index (χ4v) is 12.9. The maximum atomic E-state index is 12.5. The number of carbonyl (C=O) groups excluding carboxylic acids is 2. The summed E-state index contributed by atoms with van der Waals surface area (Å²) in [5.41, 5.74) is 0. The zero-order chi connectivity index (χ0) is 64.2. The summed E-state index contributed by atoms with van der Waals surface area (Å²) in [5, 5.41) is 23.2. The molecule has 2 atom stereocenters. The number of hydrogen-bond acceptors (Lipinski definition) is 5. The molecule has 0 rings (SSSR count). The van der Waals surface area contributed by atoms with Crippen LogP contribution in [-0.4, -0.2) is 47.4 Å². The van der Waals surface area contributed by atoms with Gasteiger partial charge in [0.1, 0.15) is 0 Å². The molecular formula is C83H159NO5. The number of unbranched alkanes of at least 4 members (excludes halogenated alkanes) is 62. The second-order valence-corrected chi connectivity index (χ2v) is 28.1. The van der Waals surface area contributed by atoms with Gasteiger partial charge in [-0.1, -0.05) is 397 Å². The molecule has 0 heterocycles. The Bertz CT molecular complexity index is 1440. The van der Waals surface area contributed by atoms with Crippen molar-refractivity contribution in [2.24, 2.45) is 0 Å². The number of ether oxygens (including phenoxy) is 1. The van der Waals surface area contributed by atoms with Crippen molar-refractivity contribution in [2.75, 3.05) is 13.2 Å². The maximum absolute atomic E-state index is 12.5. The Kier molecular flexibility index (Phi) is 76.8. The molecule has 0 saturated carbocycles. The SMILES string of the molecule is CCCCCCCC/C=C\CCCCCCCCCCCC(=O)OCCCCCCCCCCCCCCCCCC/C=C\CCCCCCCCCCCCCCCCCCCC(=O)NC(CO)C(O)/C=C/CCCCCCCCCCCCCCCC. The Morgan fingerprint density at radius 2 is 0.528 bits per heavy atom. The monoisotopic (exact) mass is 1250 g/mol. The van der Waals surface area contributed by atoms with Gasteiger partial charge >= 0.3 is 5.97 Å². The average molecular weight is 1250 g/mol. The van der Waals surface area contributed by atoms with E-state index in [0.29, 0.717) is 19.4 Å². The number of nitrogens with one attached hydrogen (secondary N) is 1. The van der Waals surface area contributed by atoms with Gasteiger partial charge < -0.3 is 20.3 Å². The first-order valence-electron chi connectivity index (χ1n) is 40.8. The first-order valence-corrected chi connectivity index (χ1v) is 40.8. The number of aliphatic hydroxyl groups is 2. The van der Waals surface area contributed by atoms with Crippen LogP contribution in [0.15, 0.2) is 36.5 Å². The van der Waals surface area contributed by atoms with Crippen molar-refractivity contribution in [3.05, 3.63) is 36.5 Å². The standard InChI is InChI=1S/C83H159NO5/c1-3-5-7-9-11-13-15-17-19-21-41-45-49-53-57-61-65-69-73-77-83(88)89-78-74-70-66-62-58-54-50-46-43-40-38-36-34-32-30-28-26-24-22-23-25-27-29-31-33-35-37-39-42-44-48-52-56-60-64-68-72-76-82(87)84-80(79-85)81(86)75-71-67-63-59-55-51-47-20-18-16-14-12-10-8-6-4-2/h17,19,22,24,71,75,80-81,85-86H,3-16,18,20-21,23,25-70,72-74,76-79H2,1-2H3,(H,84,87)/b19-17-,24-22-,75-71+. The van der Waals surface area contributed by atoms with Gasteiger partial charge in [0.2, 0.25) is 5.91 Å². The molecule has 6 nitrogen and oxygen atoms in total. The third kappa shape index (κ3) is 75.0. The van der Waals surface area contributed by atoms with E-state index in [1.54, 1.807) is 6.08 Å². The fourth-order valence-electron chi connectivity index (χ4n) is 12.9. The van der Waals surface area contributed by atoms with Crippen LogP contribution < -0.4 is 5.32 Å². The Hall–Kier alpha value is -1.92. The molecule has 3 N–H and O–H groups in total. The minimum absolute atomic E-state index is 0.0216. The molecule has 0 aromatic rings. The Labute approximate surface area is 557 Å². The van der Waals surface area contributed by atoms with Crippen molar-refractivity contribution in [1.82, 2.24) is 5.32 Å². The summed E-state index contributed by atoms with van der Waals surface area (Å²) in [6.07, 6.45) is 103. The number of allylic oxidation sites excluding steroid dienone is 5. The highest BCUT2D eigenvalue weighted by Gasteiger charge is 2.18. The smallest absolute Gasteiger partial charge is 0.305 e. The molecule has 0 radical (unpaired) electrons. The molecule has 0 aromatic carbocycles. The lowest BCUT2D eigenvalue weighted by atomic mass is 10.0. The van der Waals surface area contributed by atoms with Crippen LogP contribution in [0.25, 0.3) is 0 Å². The second-order valence-electron chi connectivity index (χ2n) is 28.1. The van der Waals surface area contributed by atoms with E-state index in [1.165, 1.54) is 392 Å². The molecule has 0 aliphatic rings. The van der Waals surface area contributed by atoms with Gasteiger partial charge in [0.05, 0.1) is 25.4 Å². The van der Waals surface area contributed by atoms with Crippen molar-refractivity contribution in [1.29, 1.82) is 0 Å². The van der Waals surface area contributed by atoms with E-state index in [4.69, 9.17) is 4.74 Å². The largest absolute Gasteiger partial charge is 0.466 e. The molecular weight excluding hydrogens is 1090 g/mol. The summed E-state index contributed by atoms with van der Waals surface area (Å²) in [4.78, 5) is 24.6. The van der Waals surface area contributed by atoms with Gasteiger partial charge in [-0.2, -0.15) is 0 Å². The van der Waals surface area contributed by atoms with Crippen LogP contribution in [0.5, 0.6) is 0 Å². The molecule has 0 aliphatic heterocycles. The fraction of sp³-hybridized carbons (Fsp3) is 0.904. The van der Waals surface area contributed by atoms with Crippen molar-refractivity contribution < 1.29 is 24.5 Å². The molecule has 0 bridgehead atoms. The highest BCUT2D eigenvalue weighted by atomic mass is 16.5. The third-order valence-electron chi connectivity index (χ3n) is 19.1. The number of esters is 1. The van der Waals surface area contributed by atoms with Crippen LogP contribution in [0.3, 0.4) is 0 Å². The summed E-state index contributed by atoms with van der Waals surface area (Å²) < 4.78 is 5.52. The number of rotatable bonds is 77. The van der Waals surface area contributed by atoms with E-state index in [0.717, 1.165) is 38.5 Å². The number of aliphatic hydroxyl groups excluding tert-OH is 2.